The van der Waals surface area contributed by atoms with Gasteiger partial charge in [0.2, 0.25) is 0 Å². The van der Waals surface area contributed by atoms with Gasteiger partial charge in [-0.3, -0.25) is 9.59 Å². The van der Waals surface area contributed by atoms with Crippen LogP contribution in [0.1, 0.15) is 202 Å². The van der Waals surface area contributed by atoms with Crippen molar-refractivity contribution >= 4 is 56.1 Å². The third kappa shape index (κ3) is 92.5. The molecule has 0 fully saturated rings. The number of unbranched alkanes of at least 4 members (excludes halogenated alkanes) is 17. The third-order valence-electron chi connectivity index (χ3n) is 16.0. The molecule has 36 heteroatoms. The molecule has 34 nitrogen and oxygen atoms in total. The average molecular weight is 1600 g/mol. The van der Waals surface area contributed by atoms with E-state index in [0.29, 0.717) is 78.9 Å². The highest BCUT2D eigenvalue weighted by Gasteiger charge is 2.35. The molecule has 0 aliphatic rings. The van der Waals surface area contributed by atoms with Crippen LogP contribution in [0.25, 0.3) is 0 Å². The molecule has 0 amide bonds. The average Bonchev–Trinajstić information content (AvgIpc) is 0.874. The number of nitrogens with zero attached hydrogens (tertiary/aromatic N) is 6. The summed E-state index contributed by atoms with van der Waals surface area (Å²) in [6.45, 7) is 14.8. The zero-order valence-electron chi connectivity index (χ0n) is 69.1. The molecular formula is C71H152N6O28S2. The summed E-state index contributed by atoms with van der Waals surface area (Å²) in [5.74, 6) is -7.16. The summed E-state index contributed by atoms with van der Waals surface area (Å²) in [5.41, 5.74) is -2.74. The van der Waals surface area contributed by atoms with Crippen LogP contribution in [0.15, 0.2) is 0 Å². The molecule has 0 aromatic heterocycles. The maximum absolute atomic E-state index is 10.5. The number of carbonyl (C=O) groups excluding carboxylic acids is 4. The fourth-order valence-electron chi connectivity index (χ4n) is 8.53. The molecule has 0 bridgehead atoms. The molecule has 0 saturated heterocycles. The Labute approximate surface area is 643 Å². The van der Waals surface area contributed by atoms with E-state index in [1.807, 2.05) is 49.2 Å². The van der Waals surface area contributed by atoms with E-state index in [1.165, 1.54) is 90.4 Å². The summed E-state index contributed by atoms with van der Waals surface area (Å²) in [5, 5.41) is 109. The Hall–Kier alpha value is -4.00. The van der Waals surface area contributed by atoms with Gasteiger partial charge in [0.15, 0.2) is 0 Å². The number of carboxylic acids is 6. The van der Waals surface area contributed by atoms with E-state index in [-0.39, 0.29) is 71.0 Å². The van der Waals surface area contributed by atoms with Crippen molar-refractivity contribution in [3.05, 3.63) is 0 Å². The summed E-state index contributed by atoms with van der Waals surface area (Å²) in [4.78, 5) is 83.7. The highest BCUT2D eigenvalue weighted by molar-refractivity contribution is 7.85. The fraction of sp³-hybridized carbons (Fsp3) is 0.915. The second-order valence-corrected chi connectivity index (χ2v) is 33.0. The first-order chi connectivity index (χ1) is 49.1. The van der Waals surface area contributed by atoms with Gasteiger partial charge in [-0.1, -0.05) is 131 Å². The van der Waals surface area contributed by atoms with Gasteiger partial charge in [-0.15, -0.1) is 0 Å². The lowest BCUT2D eigenvalue weighted by Crippen LogP contribution is -2.49. The highest BCUT2D eigenvalue weighted by Crippen LogP contribution is 2.20. The van der Waals surface area contributed by atoms with Crippen LogP contribution in [0, 0.1) is 10.8 Å². The van der Waals surface area contributed by atoms with E-state index < -0.39 is 93.3 Å². The van der Waals surface area contributed by atoms with Crippen LogP contribution in [-0.4, -0.2) is 345 Å². The van der Waals surface area contributed by atoms with Gasteiger partial charge >= 0.3 is 11.9 Å². The number of quaternary nitrogens is 6. The van der Waals surface area contributed by atoms with Gasteiger partial charge in [-0.2, -0.15) is 18.6 Å². The van der Waals surface area contributed by atoms with Gasteiger partial charge < -0.3 is 98.5 Å². The topological polar surface area (TPSA) is 508 Å². The van der Waals surface area contributed by atoms with E-state index in [2.05, 4.69) is 20.8 Å². The molecule has 0 aromatic rings. The molecule has 0 atom stereocenters. The van der Waals surface area contributed by atoms with Gasteiger partial charge in [0, 0.05) is 36.7 Å². The Morgan fingerprint density at radius 2 is 0.645 bits per heavy atom. The molecule has 0 radical (unpaired) electrons. The van der Waals surface area contributed by atoms with Crippen LogP contribution in [0.3, 0.4) is 0 Å². The highest BCUT2D eigenvalue weighted by atomic mass is 32.2. The number of aliphatic hydroxyl groups is 6. The monoisotopic (exact) mass is 1600 g/mol. The molecule has 107 heavy (non-hydrogen) atoms. The van der Waals surface area contributed by atoms with E-state index >= 15 is 0 Å². The SMILES string of the molecule is CC(CO)(CO)C(=O)O.CCC(CO)(CO)C(=O)O.CCCCCCCCCO[N+](C)(C)CC(=O)[O-].CCCCCCCCCO[N+](C)(C)CCCCS(=O)(=O)[O-].CCCCCCO[N+](C)(C)CC(=O)[O-].CCCO[N+](C)(C)CCCCS(=O)(=O)[O-].C[N+](C)(CCO)CC(=O)[O-].C[N+](C)(CCO)CCC(=O)[O-]. The first-order valence-corrected chi connectivity index (χ1v) is 40.6. The minimum atomic E-state index is -4.07. The smallest absolute Gasteiger partial charge is 0.314 e. The lowest BCUT2D eigenvalue weighted by molar-refractivity contribution is -1.08. The summed E-state index contributed by atoms with van der Waals surface area (Å²) < 4.78 is 64.2. The lowest BCUT2D eigenvalue weighted by atomic mass is 9.87. The number of likely N-dealkylation sites (N-methyl/N-ethyl adjacent to an activating group) is 4. The number of carboxylic acid groups (broad SMARTS) is 6. The van der Waals surface area contributed by atoms with Crippen molar-refractivity contribution in [2.24, 2.45) is 10.8 Å². The van der Waals surface area contributed by atoms with Crippen molar-refractivity contribution in [2.45, 2.75) is 202 Å². The molecule has 0 aliphatic carbocycles. The first kappa shape index (κ1) is 119. The molecule has 0 aromatic carbocycles. The molecule has 0 spiro atoms. The van der Waals surface area contributed by atoms with Gasteiger partial charge in [-0.05, 0) is 51.9 Å². The van der Waals surface area contributed by atoms with Crippen LogP contribution < -0.4 is 20.4 Å². The van der Waals surface area contributed by atoms with E-state index in [1.54, 1.807) is 49.2 Å². The predicted molar refractivity (Wildman–Crippen MR) is 397 cm³/mol. The minimum Gasteiger partial charge on any atom is -0.748 e. The number of aliphatic hydroxyl groups excluding tert-OH is 6. The summed E-state index contributed by atoms with van der Waals surface area (Å²) >= 11 is 0. The maximum atomic E-state index is 10.5. The van der Waals surface area contributed by atoms with Crippen LogP contribution in [0.4, 0.5) is 0 Å². The van der Waals surface area contributed by atoms with Crippen molar-refractivity contribution in [3.63, 3.8) is 0 Å². The number of hydrogen-bond donors (Lipinski definition) is 8. The third-order valence-corrected chi connectivity index (χ3v) is 17.6. The van der Waals surface area contributed by atoms with E-state index in [0.717, 1.165) is 58.2 Å². The van der Waals surface area contributed by atoms with Gasteiger partial charge in [0.05, 0.1) is 169 Å². The number of rotatable bonds is 57. The Bertz CT molecular complexity index is 2410. The Morgan fingerprint density at radius 3 is 0.879 bits per heavy atom. The molecule has 0 unspecified atom stereocenters. The molecular weight excluding hydrogens is 1450 g/mol. The van der Waals surface area contributed by atoms with Gasteiger partial charge in [0.1, 0.15) is 83.1 Å². The number of hydroxylamine groups is 12. The minimum absolute atomic E-state index is 0.000278. The molecule has 646 valence electrons. The zero-order chi connectivity index (χ0) is 85.1. The molecule has 0 aliphatic heterocycles. The normalized spacial score (nSPS) is 12.0. The fourth-order valence-corrected chi connectivity index (χ4v) is 9.64. The Morgan fingerprint density at radius 1 is 0.346 bits per heavy atom. The molecule has 0 heterocycles. The summed E-state index contributed by atoms with van der Waals surface area (Å²) in [6, 6.07) is 0. The van der Waals surface area contributed by atoms with Gasteiger partial charge in [0.25, 0.3) is 0 Å². The Balaban J connectivity index is -0.000000177. The maximum Gasteiger partial charge on any atom is 0.314 e. The van der Waals surface area contributed by atoms with E-state index in [4.69, 9.17) is 60.2 Å². The van der Waals surface area contributed by atoms with Crippen molar-refractivity contribution in [1.82, 2.24) is 0 Å². The van der Waals surface area contributed by atoms with Crippen LogP contribution in [-0.2, 0) is 68.4 Å². The van der Waals surface area contributed by atoms with Crippen molar-refractivity contribution < 1.29 is 163 Å². The standard InChI is InChI=1S/C15H33NO4S.C13H27NO3.C10H21NO3.C9H21NO4S.C7H15NO3.C6H13NO3.C6H12O4.C5H10O4/c1-4-5-6-7-8-9-11-14-20-16(2,3)13-10-12-15-21(17,18)19;1-4-5-6-7-8-9-10-11-17-14(2,3)12-13(15)16;1-4-5-6-7-8-14-11(2,3)9-10(12)13;1-4-8-14-10(2,3)7-5-6-9-15(11,12)13;1-8(2,5-6-9)4-3-7(10)11;1-7(2,3-4-8)5-6(9)10;1-2-6(3-7,4-8)5(9)10;1-5(2-6,3-7)4(8)9/h4-15H2,1-3H3;4-12H2,1-3H3;4-9H2,1-3H3;4-9H2,1-3H3;9H,3-6H2,1-2H3;8H,3-5H2,1-2H3;7-8H,2-4H2,1H3,(H,9,10);6-7H,2-3H2,1H3,(H,8,9). The first-order valence-electron chi connectivity index (χ1n) is 37.5. The molecule has 0 saturated carbocycles. The van der Waals surface area contributed by atoms with Crippen molar-refractivity contribution in [3.8, 4) is 0 Å². The predicted octanol–water partition coefficient (Wildman–Crippen LogP) is 0.134. The summed E-state index contributed by atoms with van der Waals surface area (Å²) in [6.07, 6.45) is 25.4. The van der Waals surface area contributed by atoms with Gasteiger partial charge in [-0.25, -0.2) is 36.2 Å². The zero-order valence-corrected chi connectivity index (χ0v) is 70.7. The van der Waals surface area contributed by atoms with Crippen LogP contribution in [0.2, 0.25) is 0 Å². The van der Waals surface area contributed by atoms with Crippen molar-refractivity contribution in [1.29, 1.82) is 0 Å². The van der Waals surface area contributed by atoms with Crippen molar-refractivity contribution in [2.75, 3.05) is 215 Å². The second kappa shape index (κ2) is 68.8. The summed E-state index contributed by atoms with van der Waals surface area (Å²) in [7, 11) is 13.7. The van der Waals surface area contributed by atoms with Crippen LogP contribution >= 0.6 is 0 Å². The van der Waals surface area contributed by atoms with Crippen LogP contribution in [0.5, 0.6) is 0 Å². The molecule has 0 rings (SSSR count). The van der Waals surface area contributed by atoms with E-state index in [9.17, 15) is 75.1 Å². The largest absolute Gasteiger partial charge is 0.748 e. The second-order valence-electron chi connectivity index (χ2n) is 30.0. The number of carbonyl (C=O) groups is 6. The Kier molecular flexibility index (Phi) is 76.3. The number of hydrogen-bond acceptors (Lipinski definition) is 26. The quantitative estimate of drug-likeness (QED) is 0.0174. The molecule has 8 N–H and O–H groups in total. The number of aliphatic carboxylic acids is 6. The lowest BCUT2D eigenvalue weighted by Gasteiger charge is -2.28.